The van der Waals surface area contributed by atoms with Crippen molar-refractivity contribution < 1.29 is 18.7 Å². The molecule has 1 aliphatic heterocycles. The highest BCUT2D eigenvalue weighted by Gasteiger charge is 2.22. The fraction of sp³-hybridized carbons (Fsp3) is 0.364. The van der Waals surface area contributed by atoms with Gasteiger partial charge in [-0.25, -0.2) is 4.39 Å². The molecule has 7 heteroatoms. The van der Waals surface area contributed by atoms with Crippen LogP contribution in [0, 0.1) is 5.82 Å². The van der Waals surface area contributed by atoms with Crippen LogP contribution in [0.2, 0.25) is 0 Å². The topological polar surface area (TPSA) is 70.7 Å². The predicted molar refractivity (Wildman–Crippen MR) is 108 cm³/mol. The molecule has 2 N–H and O–H groups in total. The van der Waals surface area contributed by atoms with Crippen molar-refractivity contribution >= 4 is 11.8 Å². The van der Waals surface area contributed by atoms with Crippen LogP contribution >= 0.6 is 0 Å². The lowest BCUT2D eigenvalue weighted by Gasteiger charge is -2.27. The highest BCUT2D eigenvalue weighted by Crippen LogP contribution is 2.07. The molecule has 0 spiro atoms. The first kappa shape index (κ1) is 21.0. The third-order valence-electron chi connectivity index (χ3n) is 4.82. The Morgan fingerprint density at radius 3 is 2.55 bits per heavy atom. The molecule has 0 radical (unpaired) electrons. The number of rotatable bonds is 8. The van der Waals surface area contributed by atoms with Gasteiger partial charge in [-0.3, -0.25) is 14.5 Å². The maximum absolute atomic E-state index is 13.4. The van der Waals surface area contributed by atoms with Gasteiger partial charge in [0.1, 0.15) is 11.9 Å². The summed E-state index contributed by atoms with van der Waals surface area (Å²) in [5.74, 6) is -1.23. The van der Waals surface area contributed by atoms with Gasteiger partial charge in [-0.05, 0) is 23.8 Å². The normalized spacial score (nSPS) is 15.5. The van der Waals surface area contributed by atoms with E-state index in [9.17, 15) is 14.0 Å². The zero-order chi connectivity index (χ0) is 20.5. The van der Waals surface area contributed by atoms with Crippen LogP contribution in [0.1, 0.15) is 15.9 Å². The Morgan fingerprint density at radius 1 is 1.07 bits per heavy atom. The molecule has 29 heavy (non-hydrogen) atoms. The van der Waals surface area contributed by atoms with Crippen LogP contribution in [0.5, 0.6) is 0 Å². The van der Waals surface area contributed by atoms with E-state index in [0.29, 0.717) is 26.2 Å². The minimum atomic E-state index is -0.752. The standard InChI is InChI=1S/C22H26FN3O3/c23-19-8-4-7-18(16-19)21(27)25-20(15-17-5-2-1-3-6-17)22(28)24-9-10-26-11-13-29-14-12-26/h1-8,16,20H,9-15H2,(H,24,28)(H,25,27)/t20-/m1/s1. The molecular weight excluding hydrogens is 373 g/mol. The second-order valence-corrected chi connectivity index (χ2v) is 6.97. The lowest BCUT2D eigenvalue weighted by atomic mass is 10.0. The first-order valence-corrected chi connectivity index (χ1v) is 9.80. The Balaban J connectivity index is 1.61. The van der Waals surface area contributed by atoms with Crippen molar-refractivity contribution in [1.29, 1.82) is 0 Å². The van der Waals surface area contributed by atoms with Gasteiger partial charge in [0.15, 0.2) is 0 Å². The Hall–Kier alpha value is -2.77. The number of morpholine rings is 1. The highest BCUT2D eigenvalue weighted by atomic mass is 19.1. The maximum Gasteiger partial charge on any atom is 0.252 e. The number of halogens is 1. The highest BCUT2D eigenvalue weighted by molar-refractivity contribution is 5.97. The summed E-state index contributed by atoms with van der Waals surface area (Å²) in [6.07, 6.45) is 0.352. The SMILES string of the molecule is O=C(N[C@H](Cc1ccccc1)C(=O)NCCN1CCOCC1)c1cccc(F)c1. The molecule has 2 aromatic carbocycles. The summed E-state index contributed by atoms with van der Waals surface area (Å²) in [6.45, 7) is 4.31. The van der Waals surface area contributed by atoms with E-state index in [1.165, 1.54) is 18.2 Å². The molecule has 1 heterocycles. The van der Waals surface area contributed by atoms with Crippen molar-refractivity contribution in [3.05, 3.63) is 71.5 Å². The van der Waals surface area contributed by atoms with Crippen LogP contribution < -0.4 is 10.6 Å². The molecule has 1 aliphatic rings. The number of hydrogen-bond acceptors (Lipinski definition) is 4. The second-order valence-electron chi connectivity index (χ2n) is 6.97. The Bertz CT molecular complexity index is 810. The largest absolute Gasteiger partial charge is 0.379 e. The van der Waals surface area contributed by atoms with Gasteiger partial charge < -0.3 is 15.4 Å². The Kier molecular flexibility index (Phi) is 7.72. The molecule has 1 atom stereocenters. The minimum absolute atomic E-state index is 0.184. The van der Waals surface area contributed by atoms with Crippen molar-refractivity contribution in [3.8, 4) is 0 Å². The van der Waals surface area contributed by atoms with Gasteiger partial charge in [0.2, 0.25) is 5.91 Å². The Labute approximate surface area is 170 Å². The summed E-state index contributed by atoms with van der Waals surface area (Å²) in [6, 6.07) is 14.2. The first-order valence-electron chi connectivity index (χ1n) is 9.80. The number of ether oxygens (including phenoxy) is 1. The maximum atomic E-state index is 13.4. The molecule has 1 saturated heterocycles. The minimum Gasteiger partial charge on any atom is -0.379 e. The van der Waals surface area contributed by atoms with Crippen molar-refractivity contribution in [2.24, 2.45) is 0 Å². The van der Waals surface area contributed by atoms with E-state index >= 15 is 0 Å². The summed E-state index contributed by atoms with van der Waals surface area (Å²) in [5.41, 5.74) is 1.12. The van der Waals surface area contributed by atoms with Crippen molar-refractivity contribution in [1.82, 2.24) is 15.5 Å². The molecule has 0 unspecified atom stereocenters. The smallest absolute Gasteiger partial charge is 0.252 e. The average Bonchev–Trinajstić information content (AvgIpc) is 2.74. The lowest BCUT2D eigenvalue weighted by molar-refractivity contribution is -0.123. The molecule has 6 nitrogen and oxygen atoms in total. The summed E-state index contributed by atoms with van der Waals surface area (Å²) < 4.78 is 18.8. The predicted octanol–water partition coefficient (Wildman–Crippen LogP) is 1.62. The fourth-order valence-corrected chi connectivity index (χ4v) is 3.22. The molecule has 3 rings (SSSR count). The Morgan fingerprint density at radius 2 is 1.83 bits per heavy atom. The number of carbonyl (C=O) groups excluding carboxylic acids is 2. The van der Waals surface area contributed by atoms with E-state index in [2.05, 4.69) is 15.5 Å². The van der Waals surface area contributed by atoms with Crippen LogP contribution in [0.25, 0.3) is 0 Å². The number of hydrogen-bond donors (Lipinski definition) is 2. The van der Waals surface area contributed by atoms with Gasteiger partial charge in [0, 0.05) is 38.2 Å². The molecule has 2 amide bonds. The fourth-order valence-electron chi connectivity index (χ4n) is 3.22. The number of nitrogens with one attached hydrogen (secondary N) is 2. The van der Waals surface area contributed by atoms with E-state index < -0.39 is 17.8 Å². The van der Waals surface area contributed by atoms with Gasteiger partial charge in [-0.2, -0.15) is 0 Å². The zero-order valence-corrected chi connectivity index (χ0v) is 16.3. The van der Waals surface area contributed by atoms with Gasteiger partial charge in [0.05, 0.1) is 13.2 Å². The van der Waals surface area contributed by atoms with Gasteiger partial charge in [-0.15, -0.1) is 0 Å². The quantitative estimate of drug-likeness (QED) is 0.708. The first-order chi connectivity index (χ1) is 14.1. The average molecular weight is 399 g/mol. The third-order valence-corrected chi connectivity index (χ3v) is 4.82. The molecule has 0 saturated carbocycles. The van der Waals surface area contributed by atoms with Crippen LogP contribution in [-0.2, 0) is 16.0 Å². The second kappa shape index (κ2) is 10.7. The van der Waals surface area contributed by atoms with Crippen LogP contribution in [0.3, 0.4) is 0 Å². The van der Waals surface area contributed by atoms with E-state index in [1.807, 2.05) is 30.3 Å². The van der Waals surface area contributed by atoms with Gasteiger partial charge >= 0.3 is 0 Å². The number of amides is 2. The number of nitrogens with zero attached hydrogens (tertiary/aromatic N) is 1. The number of benzene rings is 2. The van der Waals surface area contributed by atoms with E-state index in [1.54, 1.807) is 0 Å². The van der Waals surface area contributed by atoms with Crippen LogP contribution in [0.15, 0.2) is 54.6 Å². The summed E-state index contributed by atoms with van der Waals surface area (Å²) in [4.78, 5) is 27.5. The van der Waals surface area contributed by atoms with E-state index in [4.69, 9.17) is 4.74 Å². The third kappa shape index (κ3) is 6.66. The monoisotopic (exact) mass is 399 g/mol. The molecule has 0 aromatic heterocycles. The molecule has 2 aromatic rings. The van der Waals surface area contributed by atoms with Gasteiger partial charge in [-0.1, -0.05) is 36.4 Å². The van der Waals surface area contributed by atoms with Gasteiger partial charge in [0.25, 0.3) is 5.91 Å². The zero-order valence-electron chi connectivity index (χ0n) is 16.3. The van der Waals surface area contributed by atoms with E-state index in [0.717, 1.165) is 31.3 Å². The van der Waals surface area contributed by atoms with E-state index in [-0.39, 0.29) is 11.5 Å². The van der Waals surface area contributed by atoms with Crippen molar-refractivity contribution in [2.45, 2.75) is 12.5 Å². The number of carbonyl (C=O) groups is 2. The molecule has 154 valence electrons. The summed E-state index contributed by atoms with van der Waals surface area (Å²) >= 11 is 0. The molecule has 0 bridgehead atoms. The molecular formula is C22H26FN3O3. The van der Waals surface area contributed by atoms with Crippen molar-refractivity contribution in [2.75, 3.05) is 39.4 Å². The lowest BCUT2D eigenvalue weighted by Crippen LogP contribution is -2.50. The molecule has 1 fully saturated rings. The summed E-state index contributed by atoms with van der Waals surface area (Å²) in [5, 5.41) is 5.65. The van der Waals surface area contributed by atoms with Crippen LogP contribution in [-0.4, -0.2) is 62.1 Å². The van der Waals surface area contributed by atoms with Crippen molar-refractivity contribution in [3.63, 3.8) is 0 Å². The van der Waals surface area contributed by atoms with Crippen LogP contribution in [0.4, 0.5) is 4.39 Å². The molecule has 0 aliphatic carbocycles. The summed E-state index contributed by atoms with van der Waals surface area (Å²) in [7, 11) is 0.